The van der Waals surface area contributed by atoms with Crippen LogP contribution in [-0.2, 0) is 9.53 Å². The van der Waals surface area contributed by atoms with Gasteiger partial charge in [-0.25, -0.2) is 0 Å². The molecule has 3 heteroatoms. The Balaban J connectivity index is 1.77. The van der Waals surface area contributed by atoms with Gasteiger partial charge in [0.1, 0.15) is 0 Å². The van der Waals surface area contributed by atoms with Crippen LogP contribution in [0.1, 0.15) is 12.8 Å². The number of amides is 1. The zero-order valence-electron chi connectivity index (χ0n) is 8.06. The van der Waals surface area contributed by atoms with Gasteiger partial charge in [0.15, 0.2) is 0 Å². The molecule has 0 radical (unpaired) electrons. The molecule has 0 aromatic heterocycles. The minimum Gasteiger partial charge on any atom is -0.369 e. The van der Waals surface area contributed by atoms with Gasteiger partial charge in [0, 0.05) is 20.0 Å². The van der Waals surface area contributed by atoms with Crippen molar-refractivity contribution in [3.63, 3.8) is 0 Å². The van der Waals surface area contributed by atoms with E-state index in [-0.39, 0.29) is 5.92 Å². The van der Waals surface area contributed by atoms with Gasteiger partial charge in [-0.3, -0.25) is 4.79 Å². The fourth-order valence-electron chi connectivity index (χ4n) is 3.22. The largest absolute Gasteiger partial charge is 0.369 e. The van der Waals surface area contributed by atoms with Gasteiger partial charge < -0.3 is 9.64 Å². The third kappa shape index (κ3) is 0.909. The second kappa shape index (κ2) is 2.27. The van der Waals surface area contributed by atoms with Gasteiger partial charge in [-0.15, -0.1) is 0 Å². The second-order valence-corrected chi connectivity index (χ2v) is 4.80. The lowest BCUT2D eigenvalue weighted by Crippen LogP contribution is -2.34. The van der Waals surface area contributed by atoms with Crippen LogP contribution < -0.4 is 0 Å². The number of nitrogens with zero attached hydrogens (tertiary/aromatic N) is 1. The molecule has 0 spiro atoms. The lowest BCUT2D eigenvalue weighted by atomic mass is 9.88. The number of fused-ring (bicyclic) bond motifs is 5. The summed E-state index contributed by atoms with van der Waals surface area (Å²) in [5.74, 6) is 1.82. The summed E-state index contributed by atoms with van der Waals surface area (Å²) in [7, 11) is 3.69. The van der Waals surface area contributed by atoms with Crippen LogP contribution in [0.2, 0.25) is 0 Å². The van der Waals surface area contributed by atoms with E-state index in [2.05, 4.69) is 0 Å². The van der Waals surface area contributed by atoms with Crippen LogP contribution >= 0.6 is 0 Å². The Morgan fingerprint density at radius 3 is 2.62 bits per heavy atom. The van der Waals surface area contributed by atoms with Crippen LogP contribution in [-0.4, -0.2) is 37.1 Å². The first-order valence-corrected chi connectivity index (χ1v) is 5.05. The smallest absolute Gasteiger partial charge is 0.225 e. The van der Waals surface area contributed by atoms with Crippen molar-refractivity contribution in [2.24, 2.45) is 17.8 Å². The van der Waals surface area contributed by atoms with Crippen molar-refractivity contribution in [2.45, 2.75) is 25.0 Å². The maximum atomic E-state index is 11.8. The monoisotopic (exact) mass is 181 g/mol. The van der Waals surface area contributed by atoms with Gasteiger partial charge in [-0.2, -0.15) is 0 Å². The fraction of sp³-hybridized carbons (Fsp3) is 0.900. The first-order valence-electron chi connectivity index (χ1n) is 5.05. The van der Waals surface area contributed by atoms with Gasteiger partial charge in [0.2, 0.25) is 5.91 Å². The summed E-state index contributed by atoms with van der Waals surface area (Å²) < 4.78 is 5.53. The molecule has 1 aliphatic heterocycles. The van der Waals surface area contributed by atoms with E-state index in [1.165, 1.54) is 6.42 Å². The van der Waals surface area contributed by atoms with Crippen molar-refractivity contribution in [1.82, 2.24) is 4.90 Å². The van der Waals surface area contributed by atoms with Crippen LogP contribution in [0.4, 0.5) is 0 Å². The summed E-state index contributed by atoms with van der Waals surface area (Å²) >= 11 is 0. The number of epoxide rings is 1. The highest BCUT2D eigenvalue weighted by Crippen LogP contribution is 2.58. The van der Waals surface area contributed by atoms with Crippen LogP contribution in [0.15, 0.2) is 0 Å². The molecule has 1 amide bonds. The molecule has 1 heterocycles. The van der Waals surface area contributed by atoms with Crippen molar-refractivity contribution in [1.29, 1.82) is 0 Å². The number of carbonyl (C=O) groups is 1. The number of hydrogen-bond donors (Lipinski definition) is 0. The highest BCUT2D eigenvalue weighted by Gasteiger charge is 2.64. The zero-order valence-corrected chi connectivity index (χ0v) is 8.06. The predicted octanol–water partition coefficient (Wildman–Crippen LogP) is 0.498. The summed E-state index contributed by atoms with van der Waals surface area (Å²) in [6.45, 7) is 0. The Bertz CT molecular complexity index is 264. The normalized spacial score (nSPS) is 50.5. The predicted molar refractivity (Wildman–Crippen MR) is 47.1 cm³/mol. The van der Waals surface area contributed by atoms with Gasteiger partial charge >= 0.3 is 0 Å². The van der Waals surface area contributed by atoms with E-state index < -0.39 is 0 Å². The molecule has 0 N–H and O–H groups in total. The molecule has 2 bridgehead atoms. The highest BCUT2D eigenvalue weighted by molar-refractivity contribution is 5.79. The molecule has 3 nitrogen and oxygen atoms in total. The van der Waals surface area contributed by atoms with E-state index in [0.717, 1.165) is 6.42 Å². The first-order chi connectivity index (χ1) is 6.18. The molecule has 3 aliphatic rings. The first kappa shape index (κ1) is 7.80. The summed E-state index contributed by atoms with van der Waals surface area (Å²) in [5, 5.41) is 0. The minimum atomic E-state index is 0.267. The van der Waals surface area contributed by atoms with E-state index in [1.54, 1.807) is 4.90 Å². The van der Waals surface area contributed by atoms with Crippen molar-refractivity contribution in [2.75, 3.05) is 14.1 Å². The molecule has 2 aliphatic carbocycles. The average molecular weight is 181 g/mol. The molecule has 2 saturated carbocycles. The Kier molecular flexibility index (Phi) is 1.36. The third-order valence-electron chi connectivity index (χ3n) is 3.85. The number of hydrogen-bond acceptors (Lipinski definition) is 2. The summed E-state index contributed by atoms with van der Waals surface area (Å²) in [5.41, 5.74) is 0. The van der Waals surface area contributed by atoms with Gasteiger partial charge in [0.05, 0.1) is 12.2 Å². The van der Waals surface area contributed by atoms with Crippen molar-refractivity contribution >= 4 is 5.91 Å². The molecule has 72 valence electrons. The molecule has 3 rings (SSSR count). The molecule has 0 unspecified atom stereocenters. The zero-order chi connectivity index (χ0) is 9.16. The molecule has 0 aromatic rings. The number of carbonyl (C=O) groups excluding carboxylic acids is 1. The fourth-order valence-corrected chi connectivity index (χ4v) is 3.22. The van der Waals surface area contributed by atoms with E-state index in [4.69, 9.17) is 4.74 Å². The van der Waals surface area contributed by atoms with E-state index in [1.807, 2.05) is 14.1 Å². The molecule has 1 saturated heterocycles. The summed E-state index contributed by atoms with van der Waals surface area (Å²) in [4.78, 5) is 13.5. The third-order valence-corrected chi connectivity index (χ3v) is 3.85. The topological polar surface area (TPSA) is 32.8 Å². The lowest BCUT2D eigenvalue weighted by Gasteiger charge is -2.22. The summed E-state index contributed by atoms with van der Waals surface area (Å²) in [6, 6.07) is 0. The van der Waals surface area contributed by atoms with Crippen LogP contribution in [0.3, 0.4) is 0 Å². The standard InChI is InChI=1S/C10H15NO2/c1-11(2)10(12)7-4-5-3-6(7)9-8(5)13-9/h5-9H,3-4H2,1-2H3/t5-,6+,7+,8-,9+/m0/s1. The van der Waals surface area contributed by atoms with Gasteiger partial charge in [-0.1, -0.05) is 0 Å². The summed E-state index contributed by atoms with van der Waals surface area (Å²) in [6.07, 6.45) is 3.30. The SMILES string of the molecule is CN(C)C(=O)[C@@H]1C[C@@H]2C[C@H]1[C@H]1O[C@@H]21. The molecular formula is C10H15NO2. The van der Waals surface area contributed by atoms with Gasteiger partial charge in [-0.05, 0) is 24.7 Å². The molecule has 13 heavy (non-hydrogen) atoms. The van der Waals surface area contributed by atoms with Crippen LogP contribution in [0, 0.1) is 17.8 Å². The maximum Gasteiger partial charge on any atom is 0.225 e. The van der Waals surface area contributed by atoms with Crippen molar-refractivity contribution in [3.8, 4) is 0 Å². The van der Waals surface area contributed by atoms with Crippen LogP contribution in [0.5, 0.6) is 0 Å². The number of ether oxygens (including phenoxy) is 1. The Morgan fingerprint density at radius 2 is 2.08 bits per heavy atom. The van der Waals surface area contributed by atoms with Crippen molar-refractivity contribution in [3.05, 3.63) is 0 Å². The Hall–Kier alpha value is -0.570. The minimum absolute atomic E-state index is 0.267. The van der Waals surface area contributed by atoms with E-state index in [9.17, 15) is 4.79 Å². The molecular weight excluding hydrogens is 166 g/mol. The van der Waals surface area contributed by atoms with Gasteiger partial charge in [0.25, 0.3) is 0 Å². The van der Waals surface area contributed by atoms with E-state index >= 15 is 0 Å². The quantitative estimate of drug-likeness (QED) is 0.552. The Labute approximate surface area is 78.0 Å². The maximum absolute atomic E-state index is 11.8. The molecule has 3 fully saturated rings. The van der Waals surface area contributed by atoms with Crippen molar-refractivity contribution < 1.29 is 9.53 Å². The molecule has 0 aromatic carbocycles. The number of rotatable bonds is 1. The lowest BCUT2D eigenvalue weighted by molar-refractivity contribution is -0.134. The van der Waals surface area contributed by atoms with Crippen LogP contribution in [0.25, 0.3) is 0 Å². The molecule has 5 atom stereocenters. The second-order valence-electron chi connectivity index (χ2n) is 4.80. The average Bonchev–Trinajstić information content (AvgIpc) is 2.71. The Morgan fingerprint density at radius 1 is 1.31 bits per heavy atom. The van der Waals surface area contributed by atoms with E-state index in [0.29, 0.717) is 30.0 Å². The highest BCUT2D eigenvalue weighted by atomic mass is 16.6.